The molecule has 66 valence electrons. The summed E-state index contributed by atoms with van der Waals surface area (Å²) in [7, 11) is 0. The van der Waals surface area contributed by atoms with Crippen molar-refractivity contribution in [3.63, 3.8) is 0 Å². The Labute approximate surface area is 74.8 Å². The fourth-order valence-electron chi connectivity index (χ4n) is 1.69. The predicted molar refractivity (Wildman–Crippen MR) is 46.9 cm³/mol. The lowest BCUT2D eigenvalue weighted by Crippen LogP contribution is -2.05. The molecule has 1 unspecified atom stereocenters. The van der Waals surface area contributed by atoms with E-state index in [-0.39, 0.29) is 0 Å². The quantitative estimate of drug-likeness (QED) is 0.360. The van der Waals surface area contributed by atoms with Gasteiger partial charge in [-0.1, -0.05) is 29.4 Å². The van der Waals surface area contributed by atoms with Gasteiger partial charge in [-0.25, -0.2) is 4.39 Å². The maximum Gasteiger partial charge on any atom is 0.134 e. The Morgan fingerprint density at radius 1 is 1.46 bits per heavy atom. The predicted octanol–water partition coefficient (Wildman–Crippen LogP) is 2.93. The highest BCUT2D eigenvalue weighted by atomic mass is 19.1. The fraction of sp³-hybridized carbons (Fsp3) is 0.333. The average Bonchev–Trinajstić information content (AvgIpc) is 2.46. The molecule has 0 spiro atoms. The van der Waals surface area contributed by atoms with E-state index in [9.17, 15) is 4.39 Å². The summed E-state index contributed by atoms with van der Waals surface area (Å²) < 4.78 is 13.5. The van der Waals surface area contributed by atoms with E-state index >= 15 is 0 Å². The van der Waals surface area contributed by atoms with Crippen LogP contribution in [-0.4, -0.2) is 6.04 Å². The van der Waals surface area contributed by atoms with Crippen molar-refractivity contribution < 1.29 is 4.39 Å². The highest BCUT2D eigenvalue weighted by molar-refractivity contribution is 5.35. The summed E-state index contributed by atoms with van der Waals surface area (Å²) in [6.07, 6.45) is -0.617. The molecule has 0 radical (unpaired) electrons. The topological polar surface area (TPSA) is 48.8 Å². The number of alkyl halides is 1. The van der Waals surface area contributed by atoms with Crippen LogP contribution in [0.1, 0.15) is 17.3 Å². The lowest BCUT2D eigenvalue weighted by Gasteiger charge is -2.04. The molecular weight excluding hydrogens is 169 g/mol. The minimum absolute atomic E-state index is 0.515. The molecule has 0 saturated carbocycles. The average molecular weight is 177 g/mol. The normalized spacial score (nSPS) is 25.0. The SMILES string of the molecule is [N-]=[N+]=NC1Cc2ccccc2[C@@H]1F. The number of hydrogen-bond acceptors (Lipinski definition) is 1. The molecule has 2 rings (SSSR count). The molecule has 0 aromatic heterocycles. The van der Waals surface area contributed by atoms with E-state index in [0.29, 0.717) is 12.0 Å². The number of fused-ring (bicyclic) bond motifs is 1. The zero-order valence-corrected chi connectivity index (χ0v) is 6.89. The maximum absolute atomic E-state index is 13.5. The summed E-state index contributed by atoms with van der Waals surface area (Å²) >= 11 is 0. The van der Waals surface area contributed by atoms with E-state index in [4.69, 9.17) is 5.53 Å². The van der Waals surface area contributed by atoms with E-state index in [1.54, 1.807) is 12.1 Å². The second kappa shape index (κ2) is 3.07. The Hall–Kier alpha value is -1.54. The molecule has 1 aliphatic carbocycles. The van der Waals surface area contributed by atoms with Gasteiger partial charge in [0, 0.05) is 4.91 Å². The molecule has 1 aromatic carbocycles. The Morgan fingerprint density at radius 3 is 2.92 bits per heavy atom. The van der Waals surface area contributed by atoms with Crippen LogP contribution in [0.3, 0.4) is 0 Å². The van der Waals surface area contributed by atoms with Crippen molar-refractivity contribution in [2.24, 2.45) is 5.11 Å². The Morgan fingerprint density at radius 2 is 2.23 bits per heavy atom. The first-order valence-electron chi connectivity index (χ1n) is 4.09. The van der Waals surface area contributed by atoms with Gasteiger partial charge in [0.25, 0.3) is 0 Å². The highest BCUT2D eigenvalue weighted by Crippen LogP contribution is 2.35. The van der Waals surface area contributed by atoms with Gasteiger partial charge in [0.15, 0.2) is 0 Å². The van der Waals surface area contributed by atoms with Crippen LogP contribution < -0.4 is 0 Å². The lowest BCUT2D eigenvalue weighted by atomic mass is 10.1. The van der Waals surface area contributed by atoms with Gasteiger partial charge in [-0.2, -0.15) is 0 Å². The first kappa shape index (κ1) is 8.08. The Kier molecular flexibility index (Phi) is 1.91. The second-order valence-corrected chi connectivity index (χ2v) is 3.08. The molecule has 1 aromatic rings. The zero-order chi connectivity index (χ0) is 9.26. The van der Waals surface area contributed by atoms with Crippen molar-refractivity contribution in [2.45, 2.75) is 18.6 Å². The van der Waals surface area contributed by atoms with Crippen molar-refractivity contribution >= 4 is 0 Å². The van der Waals surface area contributed by atoms with Crippen LogP contribution in [0.25, 0.3) is 10.4 Å². The third kappa shape index (κ3) is 1.25. The second-order valence-electron chi connectivity index (χ2n) is 3.08. The first-order chi connectivity index (χ1) is 6.33. The summed E-state index contributed by atoms with van der Waals surface area (Å²) in [5.74, 6) is 0. The number of rotatable bonds is 1. The molecule has 2 atom stereocenters. The molecule has 0 N–H and O–H groups in total. The number of halogens is 1. The van der Waals surface area contributed by atoms with E-state index in [2.05, 4.69) is 10.0 Å². The van der Waals surface area contributed by atoms with Gasteiger partial charge in [-0.05, 0) is 23.1 Å². The van der Waals surface area contributed by atoms with E-state index < -0.39 is 12.2 Å². The molecule has 0 bridgehead atoms. The van der Waals surface area contributed by atoms with Crippen molar-refractivity contribution in [2.75, 3.05) is 0 Å². The molecule has 3 nitrogen and oxygen atoms in total. The van der Waals surface area contributed by atoms with Crippen LogP contribution in [0.15, 0.2) is 29.4 Å². The van der Waals surface area contributed by atoms with Crippen LogP contribution in [0.4, 0.5) is 4.39 Å². The number of azide groups is 1. The molecule has 0 amide bonds. The molecule has 0 fully saturated rings. The molecule has 4 heteroatoms. The van der Waals surface area contributed by atoms with Gasteiger partial charge in [-0.15, -0.1) is 0 Å². The third-order valence-electron chi connectivity index (χ3n) is 2.32. The summed E-state index contributed by atoms with van der Waals surface area (Å²) in [6.45, 7) is 0. The molecule has 1 aliphatic rings. The lowest BCUT2D eigenvalue weighted by molar-refractivity contribution is 0.308. The summed E-state index contributed by atoms with van der Waals surface area (Å²) in [4.78, 5) is 2.64. The first-order valence-corrected chi connectivity index (χ1v) is 4.09. The van der Waals surface area contributed by atoms with Crippen LogP contribution >= 0.6 is 0 Å². The third-order valence-corrected chi connectivity index (χ3v) is 2.32. The maximum atomic E-state index is 13.5. The van der Waals surface area contributed by atoms with Crippen molar-refractivity contribution in [1.82, 2.24) is 0 Å². The van der Waals surface area contributed by atoms with E-state index in [1.807, 2.05) is 12.1 Å². The van der Waals surface area contributed by atoms with Gasteiger partial charge in [0.05, 0.1) is 6.04 Å². The number of benzene rings is 1. The van der Waals surface area contributed by atoms with Gasteiger partial charge in [-0.3, -0.25) is 0 Å². The molecular formula is C9H8FN3. The smallest absolute Gasteiger partial charge is 0.134 e. The van der Waals surface area contributed by atoms with Crippen molar-refractivity contribution in [1.29, 1.82) is 0 Å². The minimum atomic E-state index is -1.13. The summed E-state index contributed by atoms with van der Waals surface area (Å²) in [5, 5.41) is 3.42. The summed E-state index contributed by atoms with van der Waals surface area (Å²) in [5.41, 5.74) is 9.83. The monoisotopic (exact) mass is 177 g/mol. The Balaban J connectivity index is 2.37. The van der Waals surface area contributed by atoms with Gasteiger partial charge in [0.2, 0.25) is 0 Å². The van der Waals surface area contributed by atoms with E-state index in [1.165, 1.54) is 0 Å². The van der Waals surface area contributed by atoms with E-state index in [0.717, 1.165) is 5.56 Å². The fourth-order valence-corrected chi connectivity index (χ4v) is 1.69. The van der Waals surface area contributed by atoms with Crippen LogP contribution in [0, 0.1) is 0 Å². The van der Waals surface area contributed by atoms with Gasteiger partial charge in [0.1, 0.15) is 6.17 Å². The molecule has 0 saturated heterocycles. The molecule has 0 aliphatic heterocycles. The summed E-state index contributed by atoms with van der Waals surface area (Å²) in [6, 6.07) is 6.72. The van der Waals surface area contributed by atoms with Gasteiger partial charge < -0.3 is 0 Å². The highest BCUT2D eigenvalue weighted by Gasteiger charge is 2.31. The molecule has 13 heavy (non-hydrogen) atoms. The largest absolute Gasteiger partial charge is 0.242 e. The van der Waals surface area contributed by atoms with Gasteiger partial charge >= 0.3 is 0 Å². The molecule has 0 heterocycles. The van der Waals surface area contributed by atoms with Crippen molar-refractivity contribution in [3.05, 3.63) is 45.8 Å². The number of nitrogens with zero attached hydrogens (tertiary/aromatic N) is 3. The standard InChI is InChI=1S/C9H8FN3/c10-9-7-4-2-1-3-6(7)5-8(9)12-13-11/h1-4,8-9H,5H2/t8?,9-/m0/s1. The minimum Gasteiger partial charge on any atom is -0.242 e. The van der Waals surface area contributed by atoms with Crippen LogP contribution in [0.5, 0.6) is 0 Å². The number of hydrogen-bond donors (Lipinski definition) is 0. The van der Waals surface area contributed by atoms with Crippen molar-refractivity contribution in [3.8, 4) is 0 Å². The zero-order valence-electron chi connectivity index (χ0n) is 6.89. The Bertz CT molecular complexity index is 371. The van der Waals surface area contributed by atoms with Crippen LogP contribution in [0.2, 0.25) is 0 Å². The van der Waals surface area contributed by atoms with Crippen LogP contribution in [-0.2, 0) is 6.42 Å².